The lowest BCUT2D eigenvalue weighted by atomic mass is 9.85. The van der Waals surface area contributed by atoms with Crippen molar-refractivity contribution in [3.63, 3.8) is 0 Å². The van der Waals surface area contributed by atoms with Crippen LogP contribution in [0.2, 0.25) is 0 Å². The Labute approximate surface area is 484 Å². The fourth-order valence-electron chi connectivity index (χ4n) is 10.9. The summed E-state index contributed by atoms with van der Waals surface area (Å²) in [6.07, 6.45) is 0.542. The third-order valence-electron chi connectivity index (χ3n) is 15.3. The molecule has 5 aromatic carbocycles. The van der Waals surface area contributed by atoms with Crippen LogP contribution < -0.4 is 25.6 Å². The summed E-state index contributed by atoms with van der Waals surface area (Å²) in [6.45, 7) is 14.2. The van der Waals surface area contributed by atoms with Crippen molar-refractivity contribution in [3.8, 4) is 33.1 Å². The monoisotopic (exact) mass is 1140 g/mol. The largest absolute Gasteiger partial charge is 0.476 e. The van der Waals surface area contributed by atoms with Gasteiger partial charge in [0.25, 0.3) is 5.91 Å². The van der Waals surface area contributed by atoms with E-state index < -0.39 is 35.5 Å². The lowest BCUT2D eigenvalue weighted by Gasteiger charge is -2.35. The number of para-hydroxylation sites is 1. The summed E-state index contributed by atoms with van der Waals surface area (Å²) in [7, 11) is 0. The van der Waals surface area contributed by atoms with Crippen LogP contribution in [0.1, 0.15) is 108 Å². The molecule has 18 heteroatoms. The van der Waals surface area contributed by atoms with Crippen molar-refractivity contribution in [2.45, 2.75) is 105 Å². The van der Waals surface area contributed by atoms with Gasteiger partial charge < -0.3 is 35.4 Å². The van der Waals surface area contributed by atoms with Gasteiger partial charge in [-0.05, 0) is 132 Å². The molecule has 0 bridgehead atoms. The highest BCUT2D eigenvalue weighted by molar-refractivity contribution is 7.22. The van der Waals surface area contributed by atoms with E-state index in [-0.39, 0.29) is 54.8 Å². The number of anilines is 2. The predicted octanol–water partition coefficient (Wildman–Crippen LogP) is 11.3. The standard InChI is InChI=1S/C64H66N8O8S2/c1-36(31-55(74)69-58(64(5,6)7)61(77)72-33-44(73)32-51(72)60(76)66-38(3)41-20-22-43(23-21-41)57-39(4)65-35-81-57)30-40-18-24-45(25-19-40)80-52-16-11-13-46(37(52)2)47-26-27-54(68-56(47)62(78)79)71-29-28-42-12-10-14-48(49(42)34-71)59(75)70-63-67-50-15-8-9-17-53(50)82-63/h8-27,35-36,38,44,51,58,73H,28-34H2,1-7H3,(H,66,76)(H,69,74)(H,78,79)(H,67,70,75)/t36-,38-,44+,51-,58+/m0/s1. The lowest BCUT2D eigenvalue weighted by molar-refractivity contribution is -0.144. The van der Waals surface area contributed by atoms with Gasteiger partial charge in [-0.3, -0.25) is 24.5 Å². The minimum Gasteiger partial charge on any atom is -0.476 e. The van der Waals surface area contributed by atoms with Gasteiger partial charge in [-0.15, -0.1) is 11.3 Å². The number of amides is 4. The van der Waals surface area contributed by atoms with Crippen molar-refractivity contribution in [2.75, 3.05) is 23.3 Å². The van der Waals surface area contributed by atoms with Gasteiger partial charge in [0.2, 0.25) is 17.7 Å². The highest BCUT2D eigenvalue weighted by Gasteiger charge is 2.45. The number of nitrogens with one attached hydrogen (secondary N) is 3. The van der Waals surface area contributed by atoms with E-state index in [1.807, 2.05) is 168 Å². The molecule has 0 unspecified atom stereocenters. The van der Waals surface area contributed by atoms with Gasteiger partial charge >= 0.3 is 5.97 Å². The number of aromatic carboxylic acids is 1. The summed E-state index contributed by atoms with van der Waals surface area (Å²) >= 11 is 2.98. The van der Waals surface area contributed by atoms with Crippen LogP contribution >= 0.6 is 22.7 Å². The summed E-state index contributed by atoms with van der Waals surface area (Å²) in [5, 5.41) is 30.9. The lowest BCUT2D eigenvalue weighted by Crippen LogP contribution is -2.58. The Morgan fingerprint density at radius 1 is 0.841 bits per heavy atom. The van der Waals surface area contributed by atoms with Gasteiger partial charge in [0.15, 0.2) is 10.8 Å². The summed E-state index contributed by atoms with van der Waals surface area (Å²) < 4.78 is 7.38. The molecule has 5 heterocycles. The van der Waals surface area contributed by atoms with Gasteiger partial charge in [-0.2, -0.15) is 0 Å². The second kappa shape index (κ2) is 24.0. The molecule has 3 aromatic heterocycles. The number of pyridine rings is 1. The molecule has 0 radical (unpaired) electrons. The molecule has 82 heavy (non-hydrogen) atoms. The number of hydrogen-bond acceptors (Lipinski definition) is 13. The van der Waals surface area contributed by atoms with E-state index in [0.29, 0.717) is 65.1 Å². The zero-order valence-corrected chi connectivity index (χ0v) is 48.5. The number of likely N-dealkylation sites (tertiary alicyclic amines) is 1. The quantitative estimate of drug-likeness (QED) is 0.0576. The highest BCUT2D eigenvalue weighted by Crippen LogP contribution is 2.37. The molecule has 0 spiro atoms. The van der Waals surface area contributed by atoms with Crippen LogP contribution in [0.25, 0.3) is 31.8 Å². The van der Waals surface area contributed by atoms with Crippen LogP contribution in [0.4, 0.5) is 10.9 Å². The number of β-amino-alcohol motifs (C(OH)–C–C–N with tert-alkyl or cyclic N) is 1. The maximum Gasteiger partial charge on any atom is 0.355 e. The number of fused-ring (bicyclic) bond motifs is 2. The second-order valence-electron chi connectivity index (χ2n) is 22.5. The fraction of sp³-hybridized carbons (Fsp3) is 0.312. The molecule has 0 saturated carbocycles. The maximum atomic E-state index is 14.4. The van der Waals surface area contributed by atoms with E-state index in [9.17, 15) is 34.2 Å². The van der Waals surface area contributed by atoms with Crippen LogP contribution in [0.15, 0.2) is 127 Å². The molecule has 422 valence electrons. The van der Waals surface area contributed by atoms with Crippen LogP contribution in [0, 0.1) is 25.2 Å². The average molecular weight is 1140 g/mol. The first-order valence-corrected chi connectivity index (χ1v) is 29.2. The molecule has 4 amide bonds. The summed E-state index contributed by atoms with van der Waals surface area (Å²) in [5.74, 6) is -1.04. The number of carboxylic acid groups (broad SMARTS) is 1. The smallest absolute Gasteiger partial charge is 0.355 e. The molecule has 10 rings (SSSR count). The zero-order chi connectivity index (χ0) is 58.0. The summed E-state index contributed by atoms with van der Waals surface area (Å²) in [6, 6.07) is 35.8. The number of carbonyl (C=O) groups excluding carboxylic acids is 4. The minimum absolute atomic E-state index is 0.0232. The topological polar surface area (TPSA) is 216 Å². The Balaban J connectivity index is 0.747. The number of carboxylic acids is 1. The van der Waals surface area contributed by atoms with Gasteiger partial charge in [-0.25, -0.2) is 19.7 Å². The number of carbonyl (C=O) groups is 5. The summed E-state index contributed by atoms with van der Waals surface area (Å²) in [4.78, 5) is 86.7. The number of rotatable bonds is 17. The Hall–Kier alpha value is -8.32. The molecule has 1 saturated heterocycles. The normalized spacial score (nSPS) is 16.2. The van der Waals surface area contributed by atoms with Crippen molar-refractivity contribution < 1.29 is 38.9 Å². The van der Waals surface area contributed by atoms with Crippen molar-refractivity contribution in [1.82, 2.24) is 30.5 Å². The van der Waals surface area contributed by atoms with E-state index in [4.69, 9.17) is 9.72 Å². The molecular weight excluding hydrogens is 1070 g/mol. The Bertz CT molecular complexity index is 3670. The first-order valence-electron chi connectivity index (χ1n) is 27.5. The molecule has 5 N–H and O–H groups in total. The van der Waals surface area contributed by atoms with Crippen molar-refractivity contribution >= 4 is 73.4 Å². The van der Waals surface area contributed by atoms with Crippen LogP contribution in [0.5, 0.6) is 11.5 Å². The van der Waals surface area contributed by atoms with Gasteiger partial charge in [0.1, 0.15) is 29.4 Å². The molecule has 8 aromatic rings. The summed E-state index contributed by atoms with van der Waals surface area (Å²) in [5.41, 5.74) is 9.93. The Morgan fingerprint density at radius 2 is 1.60 bits per heavy atom. The van der Waals surface area contributed by atoms with Crippen LogP contribution in [-0.4, -0.2) is 90.9 Å². The minimum atomic E-state index is -1.18. The van der Waals surface area contributed by atoms with E-state index in [1.165, 1.54) is 16.2 Å². The number of ether oxygens (including phenoxy) is 1. The number of aliphatic hydroxyl groups is 1. The number of aryl methyl sites for hydroxylation is 1. The first-order chi connectivity index (χ1) is 39.3. The first kappa shape index (κ1) is 56.9. The highest BCUT2D eigenvalue weighted by atomic mass is 32.1. The second-order valence-corrected chi connectivity index (χ2v) is 24.4. The fourth-order valence-corrected chi connectivity index (χ4v) is 12.6. The Morgan fingerprint density at radius 3 is 2.32 bits per heavy atom. The molecule has 1 fully saturated rings. The third kappa shape index (κ3) is 12.6. The number of aromatic nitrogens is 3. The van der Waals surface area contributed by atoms with Crippen LogP contribution in [0.3, 0.4) is 0 Å². The van der Waals surface area contributed by atoms with Crippen molar-refractivity contribution in [3.05, 3.63) is 172 Å². The third-order valence-corrected chi connectivity index (χ3v) is 17.3. The Kier molecular flexibility index (Phi) is 16.7. The number of nitrogens with zero attached hydrogens (tertiary/aromatic N) is 5. The zero-order valence-electron chi connectivity index (χ0n) is 46.9. The van der Waals surface area contributed by atoms with E-state index in [0.717, 1.165) is 54.2 Å². The maximum absolute atomic E-state index is 14.4. The van der Waals surface area contributed by atoms with Gasteiger partial charge in [0, 0.05) is 43.6 Å². The SMILES string of the molecule is Cc1ncsc1-c1ccc([C@H](C)NC(=O)[C@@H]2C[C@@H](O)CN2C(=O)[C@@H](NC(=O)C[C@@H](C)Cc2ccc(Oc3cccc(-c4ccc(N5CCc6cccc(C(=O)Nc7nc8ccccc8s7)c6C5)nc4C(=O)O)c3C)cc2)C(C)(C)C)cc1. The van der Waals surface area contributed by atoms with E-state index in [1.54, 1.807) is 23.5 Å². The molecular formula is C64H66N8O8S2. The number of thiazole rings is 2. The molecule has 5 atom stereocenters. The molecule has 2 aliphatic rings. The van der Waals surface area contributed by atoms with E-state index >= 15 is 0 Å². The average Bonchev–Trinajstić information content (AvgIpc) is 4.32. The van der Waals surface area contributed by atoms with E-state index in [2.05, 4.69) is 25.9 Å². The predicted molar refractivity (Wildman–Crippen MR) is 320 cm³/mol. The number of aliphatic hydroxyl groups excluding tert-OH is 1. The van der Waals surface area contributed by atoms with Crippen LogP contribution in [-0.2, 0) is 33.8 Å². The number of benzene rings is 5. The van der Waals surface area contributed by atoms with Gasteiger partial charge in [-0.1, -0.05) is 112 Å². The number of hydrogen-bond donors (Lipinski definition) is 5. The molecule has 16 nitrogen and oxygen atoms in total. The van der Waals surface area contributed by atoms with Crippen molar-refractivity contribution in [1.29, 1.82) is 0 Å². The molecule has 2 aliphatic heterocycles. The van der Waals surface area contributed by atoms with Crippen molar-refractivity contribution in [2.24, 2.45) is 11.3 Å². The molecule has 0 aliphatic carbocycles. The van der Waals surface area contributed by atoms with Gasteiger partial charge in [0.05, 0.1) is 38.4 Å².